The molecule has 2 fully saturated rings. The number of rotatable bonds is 2. The van der Waals surface area contributed by atoms with Crippen LogP contribution in [0.25, 0.3) is 0 Å². The average molecular weight is 235 g/mol. The molecule has 3 heterocycles. The molecule has 0 spiro atoms. The Bertz CT molecular complexity index is 376. The molecule has 1 aromatic rings. The summed E-state index contributed by atoms with van der Waals surface area (Å²) < 4.78 is 5.85. The van der Waals surface area contributed by atoms with Crippen molar-refractivity contribution in [2.75, 3.05) is 19.6 Å². The predicted octanol–water partition coefficient (Wildman–Crippen LogP) is 1.87. The normalized spacial score (nSPS) is 29.7. The van der Waals surface area contributed by atoms with E-state index in [1.54, 1.807) is 0 Å². The van der Waals surface area contributed by atoms with Crippen molar-refractivity contribution in [2.24, 2.45) is 0 Å². The summed E-state index contributed by atoms with van der Waals surface area (Å²) in [6.45, 7) is 5.33. The van der Waals surface area contributed by atoms with Gasteiger partial charge in [0, 0.05) is 12.5 Å². The zero-order valence-corrected chi connectivity index (χ0v) is 10.5. The Morgan fingerprint density at radius 3 is 2.82 bits per heavy atom. The summed E-state index contributed by atoms with van der Waals surface area (Å²) in [6, 6.07) is 0.346. The summed E-state index contributed by atoms with van der Waals surface area (Å²) >= 11 is 0. The molecule has 3 rings (SSSR count). The van der Waals surface area contributed by atoms with Gasteiger partial charge in [0.05, 0.1) is 11.7 Å². The van der Waals surface area contributed by atoms with Gasteiger partial charge in [-0.25, -0.2) is 4.98 Å². The lowest BCUT2D eigenvalue weighted by molar-refractivity contribution is 0.412. The fourth-order valence-electron chi connectivity index (χ4n) is 2.94. The van der Waals surface area contributed by atoms with Gasteiger partial charge in [-0.3, -0.25) is 0 Å². The maximum Gasteiger partial charge on any atom is 0.211 e. The quantitative estimate of drug-likeness (QED) is 0.821. The van der Waals surface area contributed by atoms with Gasteiger partial charge in [0.2, 0.25) is 5.89 Å². The molecule has 2 N–H and O–H groups in total. The van der Waals surface area contributed by atoms with Crippen molar-refractivity contribution in [1.82, 2.24) is 15.6 Å². The maximum atomic E-state index is 5.85. The van der Waals surface area contributed by atoms with Gasteiger partial charge in [-0.2, -0.15) is 0 Å². The van der Waals surface area contributed by atoms with Crippen molar-refractivity contribution in [2.45, 2.75) is 44.6 Å². The topological polar surface area (TPSA) is 50.1 Å². The average Bonchev–Trinajstić information content (AvgIpc) is 2.99. The lowest BCUT2D eigenvalue weighted by Gasteiger charge is -2.21. The number of aromatic nitrogens is 1. The molecule has 4 nitrogen and oxygen atoms in total. The predicted molar refractivity (Wildman–Crippen MR) is 66.1 cm³/mol. The molecule has 2 saturated heterocycles. The van der Waals surface area contributed by atoms with Crippen LogP contribution in [0.4, 0.5) is 0 Å². The highest BCUT2D eigenvalue weighted by molar-refractivity contribution is 5.16. The zero-order chi connectivity index (χ0) is 11.7. The van der Waals surface area contributed by atoms with Crippen LogP contribution in [0.15, 0.2) is 4.42 Å². The Morgan fingerprint density at radius 1 is 1.24 bits per heavy atom. The fourth-order valence-corrected chi connectivity index (χ4v) is 2.94. The third-order valence-electron chi connectivity index (χ3n) is 3.89. The van der Waals surface area contributed by atoms with Crippen molar-refractivity contribution in [3.8, 4) is 0 Å². The van der Waals surface area contributed by atoms with Crippen molar-refractivity contribution in [3.63, 3.8) is 0 Å². The Kier molecular flexibility index (Phi) is 3.16. The number of oxazole rings is 1. The Labute approximate surface area is 102 Å². The van der Waals surface area contributed by atoms with Crippen LogP contribution in [-0.4, -0.2) is 24.6 Å². The van der Waals surface area contributed by atoms with Crippen LogP contribution in [0.2, 0.25) is 0 Å². The molecule has 94 valence electrons. The molecule has 4 heteroatoms. The van der Waals surface area contributed by atoms with Crippen LogP contribution in [0.5, 0.6) is 0 Å². The SMILES string of the molecule is Cc1oc(C2CCCN2)nc1C1CCCNC1. The number of nitrogens with one attached hydrogen (secondary N) is 2. The molecule has 0 saturated carbocycles. The lowest BCUT2D eigenvalue weighted by Crippen LogP contribution is -2.28. The third kappa shape index (κ3) is 2.24. The summed E-state index contributed by atoms with van der Waals surface area (Å²) in [5.74, 6) is 2.46. The van der Waals surface area contributed by atoms with E-state index in [4.69, 9.17) is 9.40 Å². The van der Waals surface area contributed by atoms with E-state index in [9.17, 15) is 0 Å². The standard InChI is InChI=1S/C13H21N3O/c1-9-12(10-4-2-6-14-8-10)16-13(17-9)11-5-3-7-15-11/h10-11,14-15H,2-8H2,1H3. The zero-order valence-electron chi connectivity index (χ0n) is 10.5. The number of nitrogens with zero attached hydrogens (tertiary/aromatic N) is 1. The minimum atomic E-state index is 0.346. The van der Waals surface area contributed by atoms with E-state index in [0.29, 0.717) is 12.0 Å². The Morgan fingerprint density at radius 2 is 2.12 bits per heavy atom. The van der Waals surface area contributed by atoms with E-state index in [1.807, 2.05) is 0 Å². The van der Waals surface area contributed by atoms with Crippen molar-refractivity contribution >= 4 is 0 Å². The molecule has 0 radical (unpaired) electrons. The summed E-state index contributed by atoms with van der Waals surface area (Å²) in [6.07, 6.45) is 4.86. The van der Waals surface area contributed by atoms with Crippen LogP contribution in [0.3, 0.4) is 0 Å². The molecule has 2 aliphatic rings. The van der Waals surface area contributed by atoms with Crippen LogP contribution in [0, 0.1) is 6.92 Å². The number of piperidine rings is 1. The van der Waals surface area contributed by atoms with Gasteiger partial charge in [0.15, 0.2) is 0 Å². The molecule has 2 atom stereocenters. The maximum absolute atomic E-state index is 5.85. The monoisotopic (exact) mass is 235 g/mol. The van der Waals surface area contributed by atoms with Crippen molar-refractivity contribution in [3.05, 3.63) is 17.3 Å². The third-order valence-corrected chi connectivity index (χ3v) is 3.89. The van der Waals surface area contributed by atoms with Crippen LogP contribution < -0.4 is 10.6 Å². The number of hydrogen-bond acceptors (Lipinski definition) is 4. The second-order valence-electron chi connectivity index (χ2n) is 5.19. The second-order valence-corrected chi connectivity index (χ2v) is 5.19. The summed E-state index contributed by atoms with van der Waals surface area (Å²) in [4.78, 5) is 4.75. The molecular weight excluding hydrogens is 214 g/mol. The minimum Gasteiger partial charge on any atom is -0.444 e. The molecule has 2 unspecified atom stereocenters. The Hall–Kier alpha value is -0.870. The molecule has 1 aromatic heterocycles. The van der Waals surface area contributed by atoms with Crippen molar-refractivity contribution in [1.29, 1.82) is 0 Å². The highest BCUT2D eigenvalue weighted by atomic mass is 16.4. The minimum absolute atomic E-state index is 0.346. The first-order chi connectivity index (χ1) is 8.34. The van der Waals surface area contributed by atoms with Crippen LogP contribution >= 0.6 is 0 Å². The van der Waals surface area contributed by atoms with E-state index >= 15 is 0 Å². The molecular formula is C13H21N3O. The van der Waals surface area contributed by atoms with E-state index in [0.717, 1.165) is 37.7 Å². The van der Waals surface area contributed by atoms with Gasteiger partial charge in [-0.15, -0.1) is 0 Å². The van der Waals surface area contributed by atoms with Gasteiger partial charge in [-0.1, -0.05) is 0 Å². The van der Waals surface area contributed by atoms with E-state index < -0.39 is 0 Å². The first kappa shape index (κ1) is 11.2. The molecule has 0 aliphatic carbocycles. The van der Waals surface area contributed by atoms with Crippen molar-refractivity contribution < 1.29 is 4.42 Å². The summed E-state index contributed by atoms with van der Waals surface area (Å²) in [7, 11) is 0. The van der Waals surface area contributed by atoms with Crippen LogP contribution in [0.1, 0.15) is 55.0 Å². The van der Waals surface area contributed by atoms with E-state index in [1.165, 1.54) is 25.0 Å². The van der Waals surface area contributed by atoms with Gasteiger partial charge in [-0.05, 0) is 45.7 Å². The second kappa shape index (κ2) is 4.78. The summed E-state index contributed by atoms with van der Waals surface area (Å²) in [5.41, 5.74) is 1.18. The van der Waals surface area contributed by atoms with Crippen LogP contribution in [-0.2, 0) is 0 Å². The first-order valence-corrected chi connectivity index (χ1v) is 6.76. The highest BCUT2D eigenvalue weighted by Gasteiger charge is 2.26. The van der Waals surface area contributed by atoms with Gasteiger partial charge in [0.1, 0.15) is 5.76 Å². The van der Waals surface area contributed by atoms with Gasteiger partial charge in [0.25, 0.3) is 0 Å². The lowest BCUT2D eigenvalue weighted by atomic mass is 9.95. The molecule has 0 bridgehead atoms. The number of hydrogen-bond donors (Lipinski definition) is 2. The molecule has 0 amide bonds. The fraction of sp³-hybridized carbons (Fsp3) is 0.769. The molecule has 0 aromatic carbocycles. The van der Waals surface area contributed by atoms with Gasteiger partial charge >= 0.3 is 0 Å². The smallest absolute Gasteiger partial charge is 0.211 e. The van der Waals surface area contributed by atoms with E-state index in [-0.39, 0.29) is 0 Å². The molecule has 17 heavy (non-hydrogen) atoms. The number of aryl methyl sites for hydroxylation is 1. The largest absolute Gasteiger partial charge is 0.444 e. The first-order valence-electron chi connectivity index (χ1n) is 6.76. The molecule has 2 aliphatic heterocycles. The van der Waals surface area contributed by atoms with E-state index in [2.05, 4.69) is 17.6 Å². The Balaban J connectivity index is 1.79. The van der Waals surface area contributed by atoms with Gasteiger partial charge < -0.3 is 15.1 Å². The summed E-state index contributed by atoms with van der Waals surface area (Å²) in [5, 5.41) is 6.89. The highest BCUT2D eigenvalue weighted by Crippen LogP contribution is 2.30.